The van der Waals surface area contributed by atoms with Gasteiger partial charge in [-0.25, -0.2) is 0 Å². The standard InChI is InChI=1S/C68H79BN2O/c1-40-18-20-42(21-19-40)45-34-43(62(3,4)5)22-25-54(45)71-55-38-51-50(66(12,13)29-30-67(51,14)15)37-53(55)69-59-56(32-41(2)33-57(59)71)70(44-23-24-47-48(35-44)64(8,9)27-26-63(47,6)7)60-46-36-49-52(39-58(46)72-61(60)69)68(16,17)31-28-65(49,10)11/h18-25,32-39H,26-31H2,1-17H3/i1D3. The molecule has 3 heterocycles. The molecule has 0 bridgehead atoms. The van der Waals surface area contributed by atoms with E-state index < -0.39 is 6.85 Å². The van der Waals surface area contributed by atoms with Crippen LogP contribution in [0.2, 0.25) is 0 Å². The van der Waals surface area contributed by atoms with Gasteiger partial charge in [0.05, 0.1) is 17.0 Å². The Bertz CT molecular complexity index is 3560. The molecule has 72 heavy (non-hydrogen) atoms. The third kappa shape index (κ3) is 6.95. The highest BCUT2D eigenvalue weighted by atomic mass is 16.3. The first-order chi connectivity index (χ1) is 34.8. The minimum absolute atomic E-state index is 0.00785. The lowest BCUT2D eigenvalue weighted by molar-refractivity contribution is 0.332. The molecule has 4 heteroatoms. The quantitative estimate of drug-likeness (QED) is 0.165. The van der Waals surface area contributed by atoms with Gasteiger partial charge < -0.3 is 14.2 Å². The summed E-state index contributed by atoms with van der Waals surface area (Å²) in [7, 11) is 0. The third-order valence-corrected chi connectivity index (χ3v) is 19.1. The lowest BCUT2D eigenvalue weighted by Crippen LogP contribution is -2.61. The molecule has 0 amide bonds. The molecule has 7 aromatic rings. The predicted octanol–water partition coefficient (Wildman–Crippen LogP) is 17.1. The lowest BCUT2D eigenvalue weighted by atomic mass is 9.35. The molecule has 3 aliphatic carbocycles. The average molecular weight is 954 g/mol. The number of anilines is 6. The van der Waals surface area contributed by atoms with E-state index in [9.17, 15) is 0 Å². The first kappa shape index (κ1) is 44.0. The van der Waals surface area contributed by atoms with Gasteiger partial charge in [0.15, 0.2) is 0 Å². The lowest BCUT2D eigenvalue weighted by Gasteiger charge is -2.47. The Morgan fingerprint density at radius 2 is 1.03 bits per heavy atom. The van der Waals surface area contributed by atoms with Gasteiger partial charge in [-0.15, -0.1) is 0 Å². The van der Waals surface area contributed by atoms with Crippen molar-refractivity contribution in [2.75, 3.05) is 9.80 Å². The van der Waals surface area contributed by atoms with Crippen LogP contribution in [0.25, 0.3) is 22.1 Å². The number of nitrogens with zero attached hydrogens (tertiary/aromatic N) is 2. The third-order valence-electron chi connectivity index (χ3n) is 19.1. The van der Waals surface area contributed by atoms with Crippen LogP contribution < -0.4 is 26.4 Å². The molecular formula is C68H79BN2O. The van der Waals surface area contributed by atoms with Crippen LogP contribution in [0.4, 0.5) is 34.1 Å². The molecule has 0 radical (unpaired) electrons. The number of benzene rings is 6. The molecule has 6 aromatic carbocycles. The summed E-state index contributed by atoms with van der Waals surface area (Å²) < 4.78 is 32.6. The van der Waals surface area contributed by atoms with Gasteiger partial charge in [0.2, 0.25) is 0 Å². The van der Waals surface area contributed by atoms with Gasteiger partial charge in [0.1, 0.15) is 5.58 Å². The molecule has 0 saturated heterocycles. The summed E-state index contributed by atoms with van der Waals surface area (Å²) in [6.45, 7) is 35.9. The molecule has 5 aliphatic rings. The van der Waals surface area contributed by atoms with Gasteiger partial charge in [0, 0.05) is 37.8 Å². The molecule has 0 spiro atoms. The minimum atomic E-state index is -2.20. The van der Waals surface area contributed by atoms with E-state index in [4.69, 9.17) is 8.53 Å². The Morgan fingerprint density at radius 3 is 1.61 bits per heavy atom. The predicted molar refractivity (Wildman–Crippen MR) is 310 cm³/mol. The van der Waals surface area contributed by atoms with Crippen LogP contribution in [-0.2, 0) is 37.9 Å². The summed E-state index contributed by atoms with van der Waals surface area (Å²) in [5, 5.41) is 1.18. The van der Waals surface area contributed by atoms with E-state index >= 15 is 0 Å². The van der Waals surface area contributed by atoms with Gasteiger partial charge in [0.25, 0.3) is 6.71 Å². The van der Waals surface area contributed by atoms with Crippen molar-refractivity contribution in [2.24, 2.45) is 0 Å². The van der Waals surface area contributed by atoms with Crippen molar-refractivity contribution >= 4 is 68.4 Å². The van der Waals surface area contributed by atoms with Gasteiger partial charge in [-0.2, -0.15) is 0 Å². The molecule has 12 rings (SSSR count). The second-order valence-electron chi connectivity index (χ2n) is 28.1. The normalized spacial score (nSPS) is 21.1. The van der Waals surface area contributed by atoms with E-state index in [1.54, 1.807) is 12.1 Å². The molecule has 370 valence electrons. The van der Waals surface area contributed by atoms with Crippen LogP contribution in [0.3, 0.4) is 0 Å². The SMILES string of the molecule is [2H]C([2H])([2H])c1ccc(-c2cc(C(C)(C)C)ccc2N2c3cc4c(cc3B3c5oc6cc7c(cc6c5N(c5ccc6c(c5)C(C)(C)CCC6(C)C)c5cc(C)cc2c53)C(C)(C)CCC7(C)C)C(C)(C)CCC4(C)C)cc1. The maximum absolute atomic E-state index is 8.29. The Balaban J connectivity index is 1.22. The minimum Gasteiger partial charge on any atom is -0.468 e. The zero-order chi connectivity index (χ0) is 53.7. The fourth-order valence-corrected chi connectivity index (χ4v) is 14.1. The fraction of sp³-hybridized carbons (Fsp3) is 0.441. The van der Waals surface area contributed by atoms with Crippen LogP contribution in [0, 0.1) is 13.8 Å². The second-order valence-corrected chi connectivity index (χ2v) is 28.1. The van der Waals surface area contributed by atoms with Crippen LogP contribution in [0.5, 0.6) is 0 Å². The van der Waals surface area contributed by atoms with Crippen LogP contribution in [0.15, 0.2) is 101 Å². The summed E-state index contributed by atoms with van der Waals surface area (Å²) in [6.07, 6.45) is 6.77. The summed E-state index contributed by atoms with van der Waals surface area (Å²) in [5.74, 6) is 0. The highest BCUT2D eigenvalue weighted by Crippen LogP contribution is 2.56. The summed E-state index contributed by atoms with van der Waals surface area (Å²) in [5.41, 5.74) is 24.7. The summed E-state index contributed by atoms with van der Waals surface area (Å²) in [4.78, 5) is 5.20. The molecule has 0 fully saturated rings. The van der Waals surface area contributed by atoms with Crippen molar-refractivity contribution in [1.29, 1.82) is 0 Å². The van der Waals surface area contributed by atoms with Crippen molar-refractivity contribution in [2.45, 2.75) is 194 Å². The zero-order valence-corrected chi connectivity index (χ0v) is 46.4. The molecule has 0 N–H and O–H groups in total. The number of hydrogen-bond acceptors (Lipinski definition) is 3. The second kappa shape index (κ2) is 15.1. The number of fused-ring (bicyclic) bond motifs is 9. The number of hydrogen-bond donors (Lipinski definition) is 0. The van der Waals surface area contributed by atoms with Crippen LogP contribution >= 0.6 is 0 Å². The van der Waals surface area contributed by atoms with Gasteiger partial charge >= 0.3 is 0 Å². The zero-order valence-electron chi connectivity index (χ0n) is 49.4. The van der Waals surface area contributed by atoms with E-state index in [-0.39, 0.29) is 44.6 Å². The van der Waals surface area contributed by atoms with E-state index in [1.807, 2.05) is 12.1 Å². The van der Waals surface area contributed by atoms with Crippen molar-refractivity contribution in [3.05, 3.63) is 147 Å². The highest BCUT2D eigenvalue weighted by molar-refractivity contribution is 7.00. The van der Waals surface area contributed by atoms with Crippen molar-refractivity contribution in [3.8, 4) is 11.1 Å². The van der Waals surface area contributed by atoms with Crippen molar-refractivity contribution in [3.63, 3.8) is 0 Å². The number of rotatable bonds is 3. The van der Waals surface area contributed by atoms with Crippen molar-refractivity contribution in [1.82, 2.24) is 0 Å². The summed E-state index contributed by atoms with van der Waals surface area (Å²) in [6, 6.07) is 37.1. The molecule has 3 nitrogen and oxygen atoms in total. The molecule has 0 atom stereocenters. The van der Waals surface area contributed by atoms with E-state index in [0.29, 0.717) is 5.56 Å². The number of aryl methyl sites for hydroxylation is 2. The highest BCUT2D eigenvalue weighted by Gasteiger charge is 2.50. The Kier molecular flexibility index (Phi) is 9.22. The van der Waals surface area contributed by atoms with E-state index in [1.165, 1.54) is 77.9 Å². The smallest absolute Gasteiger partial charge is 0.297 e. The Labute approximate surface area is 437 Å². The maximum atomic E-state index is 8.29. The monoisotopic (exact) mass is 954 g/mol. The van der Waals surface area contributed by atoms with Crippen LogP contribution in [0.1, 0.15) is 197 Å². The molecular weight excluding hydrogens is 872 g/mol. The number of furan rings is 1. The van der Waals surface area contributed by atoms with Gasteiger partial charge in [-0.1, -0.05) is 152 Å². The van der Waals surface area contributed by atoms with Crippen molar-refractivity contribution < 1.29 is 8.53 Å². The average Bonchev–Trinajstić information content (AvgIpc) is 3.71. The van der Waals surface area contributed by atoms with E-state index in [0.717, 1.165) is 78.0 Å². The Hall–Kier alpha value is -5.48. The molecule has 1 aromatic heterocycles. The topological polar surface area (TPSA) is 19.6 Å². The van der Waals surface area contributed by atoms with Gasteiger partial charge in [-0.3, -0.25) is 0 Å². The van der Waals surface area contributed by atoms with E-state index in [2.05, 4.69) is 193 Å². The maximum Gasteiger partial charge on any atom is 0.297 e. The molecule has 0 saturated carbocycles. The summed E-state index contributed by atoms with van der Waals surface area (Å²) >= 11 is 0. The Morgan fingerprint density at radius 1 is 0.500 bits per heavy atom. The first-order valence-electron chi connectivity index (χ1n) is 28.7. The largest absolute Gasteiger partial charge is 0.468 e. The van der Waals surface area contributed by atoms with Crippen LogP contribution in [-0.4, -0.2) is 6.71 Å². The fourth-order valence-electron chi connectivity index (χ4n) is 14.1. The van der Waals surface area contributed by atoms with Gasteiger partial charge in [-0.05, 0) is 206 Å². The molecule has 0 unspecified atom stereocenters. The molecule has 2 aliphatic heterocycles. The first-order valence-corrected chi connectivity index (χ1v) is 27.2.